The first-order chi connectivity index (χ1) is 11.9. The number of halogens is 1. The number of nitrogens with one attached hydrogen (secondary N) is 1. The molecule has 7 heteroatoms. The first-order valence-corrected chi connectivity index (χ1v) is 9.50. The summed E-state index contributed by atoms with van der Waals surface area (Å²) >= 11 is 0. The average Bonchev–Trinajstić information content (AvgIpc) is 2.57. The van der Waals surface area contributed by atoms with Gasteiger partial charge in [-0.3, -0.25) is 4.79 Å². The predicted molar refractivity (Wildman–Crippen MR) is 94.6 cm³/mol. The van der Waals surface area contributed by atoms with Gasteiger partial charge in [0.1, 0.15) is 5.82 Å². The van der Waals surface area contributed by atoms with Crippen molar-refractivity contribution in [3.63, 3.8) is 0 Å². The van der Waals surface area contributed by atoms with Crippen molar-refractivity contribution in [2.75, 3.05) is 13.6 Å². The van der Waals surface area contributed by atoms with Crippen molar-refractivity contribution in [2.45, 2.75) is 18.7 Å². The third-order valence-corrected chi connectivity index (χ3v) is 4.98. The van der Waals surface area contributed by atoms with Gasteiger partial charge in [0.25, 0.3) is 0 Å². The van der Waals surface area contributed by atoms with E-state index in [0.717, 1.165) is 5.56 Å². The lowest BCUT2D eigenvalue weighted by Gasteiger charge is -2.17. The second kappa shape index (κ2) is 8.73. The molecule has 25 heavy (non-hydrogen) atoms. The van der Waals surface area contributed by atoms with E-state index in [-0.39, 0.29) is 24.6 Å². The van der Waals surface area contributed by atoms with E-state index in [2.05, 4.69) is 4.72 Å². The van der Waals surface area contributed by atoms with Crippen molar-refractivity contribution in [3.8, 4) is 0 Å². The maximum absolute atomic E-state index is 12.8. The van der Waals surface area contributed by atoms with Crippen LogP contribution in [0.2, 0.25) is 0 Å². The molecule has 0 saturated carbocycles. The van der Waals surface area contributed by atoms with Crippen LogP contribution < -0.4 is 4.72 Å². The summed E-state index contributed by atoms with van der Waals surface area (Å²) in [5.74, 6) is -0.809. The normalized spacial score (nSPS) is 11.3. The minimum absolute atomic E-state index is 0.0293. The van der Waals surface area contributed by atoms with E-state index in [1.54, 1.807) is 11.9 Å². The van der Waals surface area contributed by atoms with Crippen LogP contribution >= 0.6 is 0 Å². The molecular weight excluding hydrogens is 343 g/mol. The molecule has 0 radical (unpaired) electrons. The van der Waals surface area contributed by atoms with Gasteiger partial charge < -0.3 is 4.90 Å². The van der Waals surface area contributed by atoms with Crippen LogP contribution in [0.3, 0.4) is 0 Å². The smallest absolute Gasteiger partial charge is 0.223 e. The number of hydrogen-bond acceptors (Lipinski definition) is 3. The molecule has 0 unspecified atom stereocenters. The standard InChI is InChI=1S/C18H21FN2O3S/c1-21(13-15-5-3-2-4-6-15)18(22)11-12-20-25(23,24)14-16-7-9-17(19)10-8-16/h2-10,20H,11-14H2,1H3. The molecule has 2 rings (SSSR count). The Labute approximate surface area is 147 Å². The fourth-order valence-electron chi connectivity index (χ4n) is 2.30. The summed E-state index contributed by atoms with van der Waals surface area (Å²) in [5, 5.41) is 0. The Balaban J connectivity index is 1.78. The molecule has 0 aliphatic carbocycles. The molecule has 2 aromatic carbocycles. The first kappa shape index (κ1) is 19.1. The highest BCUT2D eigenvalue weighted by atomic mass is 32.2. The highest BCUT2D eigenvalue weighted by Crippen LogP contribution is 2.07. The minimum Gasteiger partial charge on any atom is -0.341 e. The van der Waals surface area contributed by atoms with E-state index in [0.29, 0.717) is 12.1 Å². The highest BCUT2D eigenvalue weighted by Gasteiger charge is 2.14. The maximum Gasteiger partial charge on any atom is 0.223 e. The molecule has 5 nitrogen and oxygen atoms in total. The quantitative estimate of drug-likeness (QED) is 0.782. The van der Waals surface area contributed by atoms with Crippen molar-refractivity contribution >= 4 is 15.9 Å². The van der Waals surface area contributed by atoms with Gasteiger partial charge >= 0.3 is 0 Å². The van der Waals surface area contributed by atoms with Gasteiger partial charge in [-0.2, -0.15) is 0 Å². The largest absolute Gasteiger partial charge is 0.341 e. The monoisotopic (exact) mass is 364 g/mol. The number of amides is 1. The lowest BCUT2D eigenvalue weighted by molar-refractivity contribution is -0.130. The van der Waals surface area contributed by atoms with Crippen LogP contribution in [0.1, 0.15) is 17.5 Å². The van der Waals surface area contributed by atoms with Crippen molar-refractivity contribution in [1.29, 1.82) is 0 Å². The summed E-state index contributed by atoms with van der Waals surface area (Å²) in [7, 11) is -1.89. The number of nitrogens with zero attached hydrogens (tertiary/aromatic N) is 1. The summed E-state index contributed by atoms with van der Waals surface area (Å²) in [4.78, 5) is 13.6. The van der Waals surface area contributed by atoms with E-state index >= 15 is 0 Å². The van der Waals surface area contributed by atoms with Crippen LogP contribution in [0.4, 0.5) is 4.39 Å². The van der Waals surface area contributed by atoms with Crippen molar-refractivity contribution in [1.82, 2.24) is 9.62 Å². The van der Waals surface area contributed by atoms with E-state index in [1.165, 1.54) is 24.3 Å². The Morgan fingerprint density at radius 3 is 2.32 bits per heavy atom. The van der Waals surface area contributed by atoms with Crippen molar-refractivity contribution in [2.24, 2.45) is 0 Å². The molecule has 0 spiro atoms. The van der Waals surface area contributed by atoms with Crippen molar-refractivity contribution in [3.05, 3.63) is 71.5 Å². The van der Waals surface area contributed by atoms with Gasteiger partial charge in [-0.25, -0.2) is 17.5 Å². The summed E-state index contributed by atoms with van der Waals surface area (Å²) in [5.41, 5.74) is 1.50. The fourth-order valence-corrected chi connectivity index (χ4v) is 3.45. The number of hydrogen-bond donors (Lipinski definition) is 1. The molecule has 0 saturated heterocycles. The van der Waals surface area contributed by atoms with Crippen LogP contribution in [0.15, 0.2) is 54.6 Å². The molecule has 134 valence electrons. The number of sulfonamides is 1. The Morgan fingerprint density at radius 1 is 1.04 bits per heavy atom. The number of benzene rings is 2. The summed E-state index contributed by atoms with van der Waals surface area (Å²) in [6, 6.07) is 14.8. The lowest BCUT2D eigenvalue weighted by Crippen LogP contribution is -2.32. The minimum atomic E-state index is -3.57. The van der Waals surface area contributed by atoms with Gasteiger partial charge in [0.2, 0.25) is 15.9 Å². The van der Waals surface area contributed by atoms with Crippen LogP contribution in [0.25, 0.3) is 0 Å². The van der Waals surface area contributed by atoms with Gasteiger partial charge in [-0.05, 0) is 23.3 Å². The van der Waals surface area contributed by atoms with Crippen LogP contribution in [0, 0.1) is 5.82 Å². The second-order valence-electron chi connectivity index (χ2n) is 5.77. The van der Waals surface area contributed by atoms with Crippen LogP contribution in [-0.2, 0) is 27.1 Å². The molecule has 0 atom stereocenters. The zero-order chi connectivity index (χ0) is 18.3. The molecule has 0 fully saturated rings. The highest BCUT2D eigenvalue weighted by molar-refractivity contribution is 7.88. The summed E-state index contributed by atoms with van der Waals surface area (Å²) < 4.78 is 39.2. The molecule has 0 aromatic heterocycles. The predicted octanol–water partition coefficient (Wildman–Crippen LogP) is 2.29. The first-order valence-electron chi connectivity index (χ1n) is 7.85. The van der Waals surface area contributed by atoms with Gasteiger partial charge in [-0.15, -0.1) is 0 Å². The molecule has 1 N–H and O–H groups in total. The van der Waals surface area contributed by atoms with Gasteiger partial charge in [0.05, 0.1) is 5.75 Å². The third kappa shape index (κ3) is 6.64. The van der Waals surface area contributed by atoms with E-state index in [9.17, 15) is 17.6 Å². The van der Waals surface area contributed by atoms with Gasteiger partial charge in [-0.1, -0.05) is 42.5 Å². The zero-order valence-corrected chi connectivity index (χ0v) is 14.8. The average molecular weight is 364 g/mol. The molecule has 2 aromatic rings. The maximum atomic E-state index is 12.8. The molecule has 1 amide bonds. The van der Waals surface area contributed by atoms with Crippen molar-refractivity contribution < 1.29 is 17.6 Å². The van der Waals surface area contributed by atoms with Crippen LogP contribution in [-0.4, -0.2) is 32.8 Å². The number of rotatable bonds is 8. The molecule has 0 heterocycles. The Bertz CT molecular complexity index is 793. The molecule has 0 aliphatic rings. The van der Waals surface area contributed by atoms with E-state index in [4.69, 9.17) is 0 Å². The number of carbonyl (C=O) groups is 1. The summed E-state index contributed by atoms with van der Waals surface area (Å²) in [6.45, 7) is 0.503. The van der Waals surface area contributed by atoms with E-state index in [1.807, 2.05) is 30.3 Å². The van der Waals surface area contributed by atoms with Gasteiger partial charge in [0.15, 0.2) is 0 Å². The SMILES string of the molecule is CN(Cc1ccccc1)C(=O)CCNS(=O)(=O)Cc1ccc(F)cc1. The number of carbonyl (C=O) groups excluding carboxylic acids is 1. The Hall–Kier alpha value is -2.25. The molecule has 0 bridgehead atoms. The Morgan fingerprint density at radius 2 is 1.68 bits per heavy atom. The fraction of sp³-hybridized carbons (Fsp3) is 0.278. The van der Waals surface area contributed by atoms with Crippen LogP contribution in [0.5, 0.6) is 0 Å². The zero-order valence-electron chi connectivity index (χ0n) is 14.0. The second-order valence-corrected chi connectivity index (χ2v) is 7.57. The topological polar surface area (TPSA) is 66.5 Å². The molecular formula is C18H21FN2O3S. The third-order valence-electron chi connectivity index (χ3n) is 3.62. The Kier molecular flexibility index (Phi) is 6.66. The van der Waals surface area contributed by atoms with Gasteiger partial charge in [0, 0.05) is 26.6 Å². The summed E-state index contributed by atoms with van der Waals surface area (Å²) in [6.07, 6.45) is 0.0754. The molecule has 0 aliphatic heterocycles. The lowest BCUT2D eigenvalue weighted by atomic mass is 10.2. The van der Waals surface area contributed by atoms with E-state index < -0.39 is 15.8 Å².